The Morgan fingerprint density at radius 3 is 2.42 bits per heavy atom. The Kier molecular flexibility index (Phi) is 6.78. The highest BCUT2D eigenvalue weighted by Gasteiger charge is 2.30. The molecule has 1 aliphatic rings. The molecule has 4 atom stereocenters. The van der Waals surface area contributed by atoms with Gasteiger partial charge in [-0.15, -0.1) is 0 Å². The van der Waals surface area contributed by atoms with Crippen LogP contribution in [0.5, 0.6) is 0 Å². The molecule has 3 heteroatoms. The normalized spacial score (nSPS) is 28.1. The van der Waals surface area contributed by atoms with Gasteiger partial charge in [0.2, 0.25) is 0 Å². The Bertz CT molecular complexity index is 247. The topological polar surface area (TPSA) is 38.7 Å². The maximum absolute atomic E-state index is 9.85. The number of hydrogen-bond acceptors (Lipinski definition) is 3. The Morgan fingerprint density at radius 1 is 1.21 bits per heavy atom. The Labute approximate surface area is 118 Å². The number of rotatable bonds is 6. The van der Waals surface area contributed by atoms with Crippen LogP contribution in [-0.4, -0.2) is 29.7 Å². The average Bonchev–Trinajstić information content (AvgIpc) is 2.33. The summed E-state index contributed by atoms with van der Waals surface area (Å²) in [5.74, 6) is 1.34. The quantitative estimate of drug-likeness (QED) is 0.749. The molecule has 0 amide bonds. The van der Waals surface area contributed by atoms with Crippen LogP contribution in [0, 0.1) is 11.8 Å². The van der Waals surface area contributed by atoms with E-state index in [0.717, 1.165) is 6.42 Å². The van der Waals surface area contributed by atoms with Crippen LogP contribution in [0.2, 0.25) is 0 Å². The highest BCUT2D eigenvalue weighted by atomic mass is 16.6. The molecule has 0 spiro atoms. The molecule has 0 aromatic heterocycles. The molecule has 0 saturated heterocycles. The fourth-order valence-corrected chi connectivity index (χ4v) is 2.93. The molecule has 3 nitrogen and oxygen atoms in total. The maximum Gasteiger partial charge on any atom is 0.178 e. The van der Waals surface area contributed by atoms with Crippen molar-refractivity contribution >= 4 is 0 Å². The fraction of sp³-hybridized carbons (Fsp3) is 1.00. The van der Waals surface area contributed by atoms with E-state index in [1.165, 1.54) is 25.7 Å². The molecule has 1 saturated carbocycles. The van der Waals surface area contributed by atoms with Crippen LogP contribution >= 0.6 is 0 Å². The third-order valence-electron chi connectivity index (χ3n) is 4.07. The molecule has 0 heterocycles. The van der Waals surface area contributed by atoms with Crippen LogP contribution in [0.15, 0.2) is 0 Å². The SMILES string of the molecule is CCC(C)C1CCCCC1OCC(O)OC(C)(C)C. The van der Waals surface area contributed by atoms with Gasteiger partial charge in [0.1, 0.15) is 0 Å². The average molecular weight is 272 g/mol. The largest absolute Gasteiger partial charge is 0.373 e. The molecule has 114 valence electrons. The first-order valence-corrected chi connectivity index (χ1v) is 7.81. The van der Waals surface area contributed by atoms with Crippen LogP contribution in [0.25, 0.3) is 0 Å². The van der Waals surface area contributed by atoms with Gasteiger partial charge in [0.25, 0.3) is 0 Å². The van der Waals surface area contributed by atoms with Gasteiger partial charge in [-0.2, -0.15) is 0 Å². The van der Waals surface area contributed by atoms with Crippen LogP contribution in [-0.2, 0) is 9.47 Å². The van der Waals surface area contributed by atoms with Gasteiger partial charge < -0.3 is 14.6 Å². The number of aliphatic hydroxyl groups excluding tert-OH is 1. The lowest BCUT2D eigenvalue weighted by Gasteiger charge is -2.36. The lowest BCUT2D eigenvalue weighted by Crippen LogP contribution is -2.36. The summed E-state index contributed by atoms with van der Waals surface area (Å²) in [6, 6.07) is 0. The summed E-state index contributed by atoms with van der Waals surface area (Å²) < 4.78 is 11.4. The van der Waals surface area contributed by atoms with Gasteiger partial charge in [-0.3, -0.25) is 0 Å². The van der Waals surface area contributed by atoms with E-state index in [1.54, 1.807) is 0 Å². The molecule has 0 aromatic rings. The summed E-state index contributed by atoms with van der Waals surface area (Å²) >= 11 is 0. The summed E-state index contributed by atoms with van der Waals surface area (Å²) in [4.78, 5) is 0. The monoisotopic (exact) mass is 272 g/mol. The zero-order chi connectivity index (χ0) is 14.5. The summed E-state index contributed by atoms with van der Waals surface area (Å²) in [6.45, 7) is 10.7. The molecule has 1 aliphatic carbocycles. The highest BCUT2D eigenvalue weighted by molar-refractivity contribution is 4.79. The second kappa shape index (κ2) is 7.61. The third-order valence-corrected chi connectivity index (χ3v) is 4.07. The van der Waals surface area contributed by atoms with E-state index in [0.29, 0.717) is 17.9 Å². The predicted octanol–water partition coefficient (Wildman–Crippen LogP) is 3.74. The molecule has 0 aliphatic heterocycles. The van der Waals surface area contributed by atoms with Crippen molar-refractivity contribution in [3.8, 4) is 0 Å². The van der Waals surface area contributed by atoms with E-state index in [-0.39, 0.29) is 12.2 Å². The first kappa shape index (κ1) is 16.9. The summed E-state index contributed by atoms with van der Waals surface area (Å²) in [5, 5.41) is 9.85. The van der Waals surface area contributed by atoms with E-state index in [9.17, 15) is 5.11 Å². The zero-order valence-electron chi connectivity index (χ0n) is 13.3. The molecule has 1 N–H and O–H groups in total. The van der Waals surface area contributed by atoms with E-state index in [4.69, 9.17) is 9.47 Å². The summed E-state index contributed by atoms with van der Waals surface area (Å²) in [7, 11) is 0. The van der Waals surface area contributed by atoms with Gasteiger partial charge in [0.05, 0.1) is 18.3 Å². The second-order valence-corrected chi connectivity index (χ2v) is 6.89. The van der Waals surface area contributed by atoms with Gasteiger partial charge in [0.15, 0.2) is 6.29 Å². The number of aliphatic hydroxyl groups is 1. The van der Waals surface area contributed by atoms with Crippen LogP contribution in [0.3, 0.4) is 0 Å². The highest BCUT2D eigenvalue weighted by Crippen LogP contribution is 2.33. The molecule has 1 fully saturated rings. The van der Waals surface area contributed by atoms with Crippen LogP contribution < -0.4 is 0 Å². The summed E-state index contributed by atoms with van der Waals surface area (Å²) in [5.41, 5.74) is -0.328. The van der Waals surface area contributed by atoms with Crippen molar-refractivity contribution in [1.29, 1.82) is 0 Å². The first-order valence-electron chi connectivity index (χ1n) is 7.81. The van der Waals surface area contributed by atoms with Crippen molar-refractivity contribution in [3.05, 3.63) is 0 Å². The Balaban J connectivity index is 2.40. The van der Waals surface area contributed by atoms with E-state index >= 15 is 0 Å². The molecule has 0 radical (unpaired) electrons. The van der Waals surface area contributed by atoms with Crippen molar-refractivity contribution < 1.29 is 14.6 Å². The minimum atomic E-state index is -0.820. The summed E-state index contributed by atoms with van der Waals surface area (Å²) in [6.07, 6.45) is 5.61. The second-order valence-electron chi connectivity index (χ2n) is 6.89. The Hall–Kier alpha value is -0.120. The van der Waals surface area contributed by atoms with Crippen molar-refractivity contribution in [2.24, 2.45) is 11.8 Å². The molecule has 19 heavy (non-hydrogen) atoms. The maximum atomic E-state index is 9.85. The minimum Gasteiger partial charge on any atom is -0.373 e. The lowest BCUT2D eigenvalue weighted by molar-refractivity contribution is -0.203. The van der Waals surface area contributed by atoms with Gasteiger partial charge in [-0.1, -0.05) is 33.1 Å². The Morgan fingerprint density at radius 2 is 1.84 bits per heavy atom. The number of ether oxygens (including phenoxy) is 2. The third kappa shape index (κ3) is 6.24. The van der Waals surface area contributed by atoms with Gasteiger partial charge in [0, 0.05) is 0 Å². The van der Waals surface area contributed by atoms with Crippen molar-refractivity contribution in [1.82, 2.24) is 0 Å². The zero-order valence-corrected chi connectivity index (χ0v) is 13.3. The van der Waals surface area contributed by atoms with Gasteiger partial charge in [-0.25, -0.2) is 0 Å². The van der Waals surface area contributed by atoms with Gasteiger partial charge in [-0.05, 0) is 45.4 Å². The van der Waals surface area contributed by atoms with E-state index in [2.05, 4.69) is 13.8 Å². The standard InChI is InChI=1S/C16H32O3/c1-6-12(2)13-9-7-8-10-14(13)18-11-15(17)19-16(3,4)5/h12-15,17H,6-11H2,1-5H3. The molecule has 1 rings (SSSR count). The van der Waals surface area contributed by atoms with E-state index < -0.39 is 6.29 Å². The van der Waals surface area contributed by atoms with Gasteiger partial charge >= 0.3 is 0 Å². The lowest BCUT2D eigenvalue weighted by atomic mass is 9.77. The molecule has 0 bridgehead atoms. The van der Waals surface area contributed by atoms with Crippen molar-refractivity contribution in [2.75, 3.05) is 6.61 Å². The number of hydrogen-bond donors (Lipinski definition) is 1. The molecule has 0 aromatic carbocycles. The van der Waals surface area contributed by atoms with E-state index in [1.807, 2.05) is 20.8 Å². The van der Waals surface area contributed by atoms with Crippen LogP contribution in [0.4, 0.5) is 0 Å². The molecular formula is C16H32O3. The van der Waals surface area contributed by atoms with Crippen molar-refractivity contribution in [3.63, 3.8) is 0 Å². The van der Waals surface area contributed by atoms with Crippen LogP contribution in [0.1, 0.15) is 66.7 Å². The minimum absolute atomic E-state index is 0.287. The first-order chi connectivity index (χ1) is 8.83. The predicted molar refractivity (Wildman–Crippen MR) is 78.0 cm³/mol. The van der Waals surface area contributed by atoms with Crippen molar-refractivity contribution in [2.45, 2.75) is 84.7 Å². The smallest absolute Gasteiger partial charge is 0.178 e. The molecular weight excluding hydrogens is 240 g/mol. The fourth-order valence-electron chi connectivity index (χ4n) is 2.93. The molecule has 4 unspecified atom stereocenters.